The van der Waals surface area contributed by atoms with Crippen LogP contribution in [0.25, 0.3) is 11.0 Å². The first-order chi connectivity index (χ1) is 14.7. The molecule has 6 heteroatoms. The van der Waals surface area contributed by atoms with Gasteiger partial charge in [0.25, 0.3) is 0 Å². The van der Waals surface area contributed by atoms with Crippen LogP contribution in [0.3, 0.4) is 0 Å². The van der Waals surface area contributed by atoms with E-state index in [0.29, 0.717) is 6.42 Å². The standard InChI is InChI=1S/C24H29N5O/c1-17-2-4-18(5-3-17)8-9-22(30)28-10-12-29(13-11-28)24-21-15-20(14-19-6-7-19)27-23(21)25-16-26-24/h2-5,15-16,19H,6-14H2,1H3,(H,25,26,27). The SMILES string of the molecule is Cc1ccc(CCC(=O)N2CCN(c3ncnc4[nH]c(CC5CC5)cc34)CC2)cc1. The lowest BCUT2D eigenvalue weighted by atomic mass is 10.1. The molecular formula is C24H29N5O. The van der Waals surface area contributed by atoms with E-state index in [1.807, 2.05) is 4.90 Å². The first kappa shape index (κ1) is 19.1. The summed E-state index contributed by atoms with van der Waals surface area (Å²) < 4.78 is 0. The van der Waals surface area contributed by atoms with Gasteiger partial charge in [0.15, 0.2) is 0 Å². The number of aromatic amines is 1. The lowest BCUT2D eigenvalue weighted by molar-refractivity contribution is -0.131. The van der Waals surface area contributed by atoms with E-state index in [1.165, 1.54) is 29.7 Å². The molecule has 1 saturated heterocycles. The molecule has 2 fully saturated rings. The minimum Gasteiger partial charge on any atom is -0.352 e. The quantitative estimate of drug-likeness (QED) is 0.684. The molecule has 2 aromatic heterocycles. The molecule has 3 aromatic rings. The fourth-order valence-electron chi connectivity index (χ4n) is 4.31. The molecule has 1 aliphatic carbocycles. The number of carbonyl (C=O) groups is 1. The second-order valence-corrected chi connectivity index (χ2v) is 8.76. The molecule has 5 rings (SSSR count). The third-order valence-electron chi connectivity index (χ3n) is 6.35. The van der Waals surface area contributed by atoms with Crippen LogP contribution in [0, 0.1) is 12.8 Å². The Bertz CT molecular complexity index is 1030. The summed E-state index contributed by atoms with van der Waals surface area (Å²) in [6.07, 6.45) is 6.82. The van der Waals surface area contributed by atoms with E-state index in [1.54, 1.807) is 6.33 Å². The average Bonchev–Trinajstić information content (AvgIpc) is 3.48. The molecule has 0 spiro atoms. The Labute approximate surface area is 177 Å². The zero-order valence-corrected chi connectivity index (χ0v) is 17.6. The predicted molar refractivity (Wildman–Crippen MR) is 119 cm³/mol. The van der Waals surface area contributed by atoms with Gasteiger partial charge in [0.05, 0.1) is 5.39 Å². The van der Waals surface area contributed by atoms with Crippen molar-refractivity contribution in [1.82, 2.24) is 19.9 Å². The van der Waals surface area contributed by atoms with Gasteiger partial charge in [-0.15, -0.1) is 0 Å². The van der Waals surface area contributed by atoms with Gasteiger partial charge in [0.2, 0.25) is 5.91 Å². The maximum absolute atomic E-state index is 12.7. The molecule has 1 amide bonds. The minimum absolute atomic E-state index is 0.247. The molecule has 0 unspecified atom stereocenters. The molecular weight excluding hydrogens is 374 g/mol. The van der Waals surface area contributed by atoms with Crippen molar-refractivity contribution in [3.63, 3.8) is 0 Å². The second kappa shape index (κ2) is 8.09. The average molecular weight is 404 g/mol. The highest BCUT2D eigenvalue weighted by molar-refractivity contribution is 5.88. The van der Waals surface area contributed by atoms with E-state index in [0.717, 1.165) is 61.8 Å². The highest BCUT2D eigenvalue weighted by atomic mass is 16.2. The lowest BCUT2D eigenvalue weighted by Crippen LogP contribution is -2.49. The van der Waals surface area contributed by atoms with Gasteiger partial charge in [-0.2, -0.15) is 0 Å². The van der Waals surface area contributed by atoms with E-state index < -0.39 is 0 Å². The van der Waals surface area contributed by atoms with E-state index in [4.69, 9.17) is 0 Å². The van der Waals surface area contributed by atoms with Crippen LogP contribution < -0.4 is 4.90 Å². The van der Waals surface area contributed by atoms with Crippen LogP contribution in [-0.4, -0.2) is 51.9 Å². The minimum atomic E-state index is 0.247. The number of nitrogens with zero attached hydrogens (tertiary/aromatic N) is 4. The molecule has 1 saturated carbocycles. The fraction of sp³-hybridized carbons (Fsp3) is 0.458. The molecule has 6 nitrogen and oxygen atoms in total. The van der Waals surface area contributed by atoms with Gasteiger partial charge in [0, 0.05) is 38.3 Å². The zero-order chi connectivity index (χ0) is 20.5. The zero-order valence-electron chi connectivity index (χ0n) is 17.6. The Morgan fingerprint density at radius 1 is 1.10 bits per heavy atom. The monoisotopic (exact) mass is 403 g/mol. The van der Waals surface area contributed by atoms with Gasteiger partial charge in [-0.3, -0.25) is 4.79 Å². The van der Waals surface area contributed by atoms with Crippen LogP contribution >= 0.6 is 0 Å². The molecule has 0 atom stereocenters. The van der Waals surface area contributed by atoms with Crippen molar-refractivity contribution in [2.24, 2.45) is 5.92 Å². The van der Waals surface area contributed by atoms with Crippen molar-refractivity contribution in [2.45, 2.75) is 39.0 Å². The third kappa shape index (κ3) is 4.18. The van der Waals surface area contributed by atoms with E-state index in [2.05, 4.69) is 57.1 Å². The number of fused-ring (bicyclic) bond motifs is 1. The van der Waals surface area contributed by atoms with Crippen LogP contribution in [0.1, 0.15) is 36.1 Å². The Hall–Kier alpha value is -2.89. The number of nitrogens with one attached hydrogen (secondary N) is 1. The second-order valence-electron chi connectivity index (χ2n) is 8.76. The van der Waals surface area contributed by atoms with Gasteiger partial charge in [-0.1, -0.05) is 29.8 Å². The third-order valence-corrected chi connectivity index (χ3v) is 6.35. The normalized spacial score (nSPS) is 17.0. The summed E-state index contributed by atoms with van der Waals surface area (Å²) in [5, 5.41) is 1.10. The number of rotatable bonds is 6. The smallest absolute Gasteiger partial charge is 0.223 e. The molecule has 1 aromatic carbocycles. The van der Waals surface area contributed by atoms with Crippen LogP contribution in [-0.2, 0) is 17.6 Å². The Morgan fingerprint density at radius 3 is 2.60 bits per heavy atom. The Morgan fingerprint density at radius 2 is 1.87 bits per heavy atom. The van der Waals surface area contributed by atoms with Crippen LogP contribution in [0.2, 0.25) is 0 Å². The molecule has 0 radical (unpaired) electrons. The summed E-state index contributed by atoms with van der Waals surface area (Å²) in [7, 11) is 0. The van der Waals surface area contributed by atoms with Gasteiger partial charge in [-0.05, 0) is 50.2 Å². The molecule has 0 bridgehead atoms. The Balaban J connectivity index is 1.19. The van der Waals surface area contributed by atoms with Gasteiger partial charge < -0.3 is 14.8 Å². The summed E-state index contributed by atoms with van der Waals surface area (Å²) in [5.41, 5.74) is 4.67. The molecule has 3 heterocycles. The highest BCUT2D eigenvalue weighted by Gasteiger charge is 2.25. The van der Waals surface area contributed by atoms with E-state index >= 15 is 0 Å². The van der Waals surface area contributed by atoms with Gasteiger partial charge >= 0.3 is 0 Å². The summed E-state index contributed by atoms with van der Waals surface area (Å²) in [6, 6.07) is 10.7. The summed E-state index contributed by atoms with van der Waals surface area (Å²) >= 11 is 0. The topological polar surface area (TPSA) is 65.1 Å². The maximum atomic E-state index is 12.7. The fourth-order valence-corrected chi connectivity index (χ4v) is 4.31. The number of carbonyl (C=O) groups excluding carboxylic acids is 1. The largest absolute Gasteiger partial charge is 0.352 e. The maximum Gasteiger partial charge on any atom is 0.223 e. The summed E-state index contributed by atoms with van der Waals surface area (Å²) in [6.45, 7) is 5.20. The van der Waals surface area contributed by atoms with Gasteiger partial charge in [-0.25, -0.2) is 9.97 Å². The molecule has 2 aliphatic rings. The van der Waals surface area contributed by atoms with Crippen molar-refractivity contribution >= 4 is 22.8 Å². The van der Waals surface area contributed by atoms with Crippen molar-refractivity contribution in [1.29, 1.82) is 0 Å². The number of amides is 1. The number of aromatic nitrogens is 3. The number of benzene rings is 1. The summed E-state index contributed by atoms with van der Waals surface area (Å²) in [5.74, 6) is 2.07. The first-order valence-electron chi connectivity index (χ1n) is 11.1. The number of piperazine rings is 1. The highest BCUT2D eigenvalue weighted by Crippen LogP contribution is 2.34. The van der Waals surface area contributed by atoms with Crippen LogP contribution in [0.4, 0.5) is 5.82 Å². The lowest BCUT2D eigenvalue weighted by Gasteiger charge is -2.35. The first-order valence-corrected chi connectivity index (χ1v) is 11.1. The number of hydrogen-bond donors (Lipinski definition) is 1. The van der Waals surface area contributed by atoms with Crippen molar-refractivity contribution in [3.05, 3.63) is 53.5 Å². The van der Waals surface area contributed by atoms with E-state index in [9.17, 15) is 4.79 Å². The van der Waals surface area contributed by atoms with Crippen molar-refractivity contribution in [2.75, 3.05) is 31.1 Å². The number of anilines is 1. The molecule has 1 aliphatic heterocycles. The van der Waals surface area contributed by atoms with Gasteiger partial charge in [0.1, 0.15) is 17.8 Å². The molecule has 30 heavy (non-hydrogen) atoms. The predicted octanol–water partition coefficient (Wildman–Crippen LogP) is 3.50. The number of aryl methyl sites for hydroxylation is 2. The van der Waals surface area contributed by atoms with Crippen molar-refractivity contribution in [3.8, 4) is 0 Å². The molecule has 1 N–H and O–H groups in total. The van der Waals surface area contributed by atoms with E-state index in [-0.39, 0.29) is 5.91 Å². The Kier molecular flexibility index (Phi) is 5.15. The van der Waals surface area contributed by atoms with Crippen LogP contribution in [0.15, 0.2) is 36.7 Å². The summed E-state index contributed by atoms with van der Waals surface area (Å²) in [4.78, 5) is 29.5. The van der Waals surface area contributed by atoms with Crippen LogP contribution in [0.5, 0.6) is 0 Å². The van der Waals surface area contributed by atoms with Crippen molar-refractivity contribution < 1.29 is 4.79 Å². The number of H-pyrrole nitrogens is 1. The molecule has 156 valence electrons. The number of hydrogen-bond acceptors (Lipinski definition) is 4.